The molecule has 2 fully saturated rings. The Hall–Kier alpha value is -0.610. The number of hydrogen-bond acceptors (Lipinski definition) is 3. The molecule has 2 rings (SSSR count). The molecule has 2 unspecified atom stereocenters. The summed E-state index contributed by atoms with van der Waals surface area (Å²) in [6.45, 7) is 4.54. The minimum Gasteiger partial charge on any atom is -0.379 e. The van der Waals surface area contributed by atoms with Crippen LogP contribution in [0.25, 0.3) is 0 Å². The first-order valence-corrected chi connectivity index (χ1v) is 6.29. The fraction of sp³-hybridized carbons (Fsp3) is 0.917. The van der Waals surface area contributed by atoms with Gasteiger partial charge in [0.15, 0.2) is 0 Å². The van der Waals surface area contributed by atoms with Crippen molar-refractivity contribution in [2.75, 3.05) is 26.8 Å². The van der Waals surface area contributed by atoms with Crippen LogP contribution < -0.4 is 5.32 Å². The van der Waals surface area contributed by atoms with Crippen molar-refractivity contribution in [2.45, 2.75) is 44.2 Å². The summed E-state index contributed by atoms with van der Waals surface area (Å²) in [6.07, 6.45) is 3.93. The molecule has 0 aromatic heterocycles. The Kier molecular flexibility index (Phi) is 3.50. The highest BCUT2D eigenvalue weighted by Crippen LogP contribution is 2.26. The summed E-state index contributed by atoms with van der Waals surface area (Å²) in [4.78, 5) is 14.4. The van der Waals surface area contributed by atoms with Crippen molar-refractivity contribution in [1.29, 1.82) is 0 Å². The Morgan fingerprint density at radius 3 is 2.94 bits per heavy atom. The molecule has 0 radical (unpaired) electrons. The van der Waals surface area contributed by atoms with Gasteiger partial charge in [0.25, 0.3) is 0 Å². The van der Waals surface area contributed by atoms with Crippen LogP contribution in [0.1, 0.15) is 32.6 Å². The van der Waals surface area contributed by atoms with E-state index < -0.39 is 0 Å². The highest BCUT2D eigenvalue weighted by molar-refractivity contribution is 5.86. The molecule has 4 nitrogen and oxygen atoms in total. The van der Waals surface area contributed by atoms with Crippen LogP contribution in [-0.2, 0) is 9.53 Å². The van der Waals surface area contributed by atoms with Gasteiger partial charge >= 0.3 is 0 Å². The smallest absolute Gasteiger partial charge is 0.242 e. The van der Waals surface area contributed by atoms with Crippen molar-refractivity contribution in [3.05, 3.63) is 0 Å². The van der Waals surface area contributed by atoms with Crippen LogP contribution >= 0.6 is 0 Å². The number of ether oxygens (including phenoxy) is 1. The van der Waals surface area contributed by atoms with E-state index in [2.05, 4.69) is 12.2 Å². The number of rotatable bonds is 3. The summed E-state index contributed by atoms with van der Waals surface area (Å²) in [5.41, 5.74) is -0.294. The maximum absolute atomic E-state index is 12.5. The van der Waals surface area contributed by atoms with Crippen molar-refractivity contribution in [3.63, 3.8) is 0 Å². The van der Waals surface area contributed by atoms with Gasteiger partial charge in [-0.1, -0.05) is 6.92 Å². The van der Waals surface area contributed by atoms with Crippen molar-refractivity contribution in [3.8, 4) is 0 Å². The zero-order valence-corrected chi connectivity index (χ0v) is 10.3. The van der Waals surface area contributed by atoms with Gasteiger partial charge in [0.05, 0.1) is 18.2 Å². The Morgan fingerprint density at radius 2 is 2.44 bits per heavy atom. The highest BCUT2D eigenvalue weighted by atomic mass is 16.5. The first kappa shape index (κ1) is 11.9. The quantitative estimate of drug-likeness (QED) is 0.772. The summed E-state index contributed by atoms with van der Waals surface area (Å²) in [5.74, 6) is 0.253. The Balaban J connectivity index is 2.04. The monoisotopic (exact) mass is 226 g/mol. The third-order valence-electron chi connectivity index (χ3n) is 4.03. The van der Waals surface area contributed by atoms with Gasteiger partial charge in [-0.25, -0.2) is 0 Å². The summed E-state index contributed by atoms with van der Waals surface area (Å²) >= 11 is 0. The average Bonchev–Trinajstić information content (AvgIpc) is 2.98. The maximum atomic E-state index is 12.5. The second-order valence-corrected chi connectivity index (χ2v) is 4.90. The summed E-state index contributed by atoms with van der Waals surface area (Å²) < 4.78 is 5.34. The molecule has 2 aliphatic rings. The van der Waals surface area contributed by atoms with E-state index in [-0.39, 0.29) is 17.5 Å². The average molecular weight is 226 g/mol. The van der Waals surface area contributed by atoms with Crippen LogP contribution in [-0.4, -0.2) is 49.2 Å². The van der Waals surface area contributed by atoms with Gasteiger partial charge < -0.3 is 15.0 Å². The summed E-state index contributed by atoms with van der Waals surface area (Å²) in [5, 5.41) is 3.39. The molecule has 2 atom stereocenters. The molecule has 0 aliphatic carbocycles. The topological polar surface area (TPSA) is 41.6 Å². The highest BCUT2D eigenvalue weighted by Gasteiger charge is 2.42. The SMILES string of the molecule is CCC1(C(=O)N(C)C2CCOC2)CCCN1. The van der Waals surface area contributed by atoms with Crippen molar-refractivity contribution in [2.24, 2.45) is 0 Å². The molecule has 0 aromatic carbocycles. The third-order valence-corrected chi connectivity index (χ3v) is 4.03. The fourth-order valence-corrected chi connectivity index (χ4v) is 2.77. The molecule has 92 valence electrons. The zero-order valence-electron chi connectivity index (χ0n) is 10.3. The largest absolute Gasteiger partial charge is 0.379 e. The van der Waals surface area contributed by atoms with Crippen LogP contribution in [0.3, 0.4) is 0 Å². The molecule has 1 N–H and O–H groups in total. The van der Waals surface area contributed by atoms with E-state index in [1.54, 1.807) is 0 Å². The Morgan fingerprint density at radius 1 is 1.62 bits per heavy atom. The minimum atomic E-state index is -0.294. The van der Waals surface area contributed by atoms with Crippen molar-refractivity contribution in [1.82, 2.24) is 10.2 Å². The third kappa shape index (κ3) is 1.96. The number of nitrogens with one attached hydrogen (secondary N) is 1. The van der Waals surface area contributed by atoms with Gasteiger partial charge in [0, 0.05) is 13.7 Å². The molecule has 0 saturated carbocycles. The lowest BCUT2D eigenvalue weighted by Gasteiger charge is -2.34. The Bertz CT molecular complexity index is 256. The number of amides is 1. The van der Waals surface area contributed by atoms with E-state index in [1.165, 1.54) is 0 Å². The molecule has 16 heavy (non-hydrogen) atoms. The van der Waals surface area contributed by atoms with Gasteiger partial charge in [-0.15, -0.1) is 0 Å². The van der Waals surface area contributed by atoms with Crippen LogP contribution in [0.5, 0.6) is 0 Å². The van der Waals surface area contributed by atoms with Crippen LogP contribution in [0.4, 0.5) is 0 Å². The molecule has 1 amide bonds. The predicted octanol–water partition coefficient (Wildman–Crippen LogP) is 0.766. The van der Waals surface area contributed by atoms with E-state index in [0.29, 0.717) is 6.61 Å². The maximum Gasteiger partial charge on any atom is 0.242 e. The van der Waals surface area contributed by atoms with Crippen molar-refractivity contribution >= 4 is 5.91 Å². The van der Waals surface area contributed by atoms with Gasteiger partial charge in [-0.05, 0) is 32.2 Å². The first-order chi connectivity index (χ1) is 7.69. The molecule has 2 heterocycles. The zero-order chi connectivity index (χ0) is 11.6. The summed E-state index contributed by atoms with van der Waals surface area (Å²) in [6, 6.07) is 0.276. The number of carbonyl (C=O) groups excluding carboxylic acids is 1. The van der Waals surface area contributed by atoms with Gasteiger partial charge in [0.1, 0.15) is 0 Å². The van der Waals surface area contributed by atoms with Crippen LogP contribution in [0.2, 0.25) is 0 Å². The van der Waals surface area contributed by atoms with Crippen molar-refractivity contribution < 1.29 is 9.53 Å². The number of nitrogens with zero attached hydrogens (tertiary/aromatic N) is 1. The van der Waals surface area contributed by atoms with Gasteiger partial charge in [-0.2, -0.15) is 0 Å². The predicted molar refractivity (Wildman–Crippen MR) is 62.3 cm³/mol. The lowest BCUT2D eigenvalue weighted by Crippen LogP contribution is -2.56. The second-order valence-electron chi connectivity index (χ2n) is 4.90. The molecule has 0 aromatic rings. The van der Waals surface area contributed by atoms with E-state index in [1.807, 2.05) is 11.9 Å². The standard InChI is InChI=1S/C12H22N2O2/c1-3-12(6-4-7-13-12)11(15)14(2)10-5-8-16-9-10/h10,13H,3-9H2,1-2H3. The molecular formula is C12H22N2O2. The van der Waals surface area contributed by atoms with Crippen LogP contribution in [0.15, 0.2) is 0 Å². The second kappa shape index (κ2) is 4.72. The van der Waals surface area contributed by atoms with E-state index in [0.717, 1.165) is 38.8 Å². The molecule has 2 aliphatic heterocycles. The first-order valence-electron chi connectivity index (χ1n) is 6.29. The fourth-order valence-electron chi connectivity index (χ4n) is 2.77. The lowest BCUT2D eigenvalue weighted by atomic mass is 9.92. The lowest BCUT2D eigenvalue weighted by molar-refractivity contribution is -0.138. The molecule has 0 bridgehead atoms. The normalized spacial score (nSPS) is 34.2. The number of carbonyl (C=O) groups is 1. The van der Waals surface area contributed by atoms with Crippen LogP contribution in [0, 0.1) is 0 Å². The van der Waals surface area contributed by atoms with Gasteiger partial charge in [0.2, 0.25) is 5.91 Å². The molecule has 0 spiro atoms. The number of hydrogen-bond donors (Lipinski definition) is 1. The van der Waals surface area contributed by atoms with E-state index >= 15 is 0 Å². The number of likely N-dealkylation sites (N-methyl/N-ethyl adjacent to an activating group) is 1. The summed E-state index contributed by atoms with van der Waals surface area (Å²) in [7, 11) is 1.92. The van der Waals surface area contributed by atoms with E-state index in [9.17, 15) is 4.79 Å². The van der Waals surface area contributed by atoms with E-state index in [4.69, 9.17) is 4.74 Å². The molecule has 2 saturated heterocycles. The van der Waals surface area contributed by atoms with Gasteiger partial charge in [-0.3, -0.25) is 4.79 Å². The minimum absolute atomic E-state index is 0.253. The molecular weight excluding hydrogens is 204 g/mol. The Labute approximate surface area is 97.3 Å². The molecule has 4 heteroatoms.